The van der Waals surface area contributed by atoms with E-state index in [1.807, 2.05) is 54.6 Å². The number of rotatable bonds is 15. The second-order valence-corrected chi connectivity index (χ2v) is 9.94. The van der Waals surface area contributed by atoms with Crippen molar-refractivity contribution in [3.8, 4) is 45.9 Å². The van der Waals surface area contributed by atoms with Crippen LogP contribution in [0.3, 0.4) is 0 Å². The maximum Gasteiger partial charge on any atom is 0.248 e. The van der Waals surface area contributed by atoms with E-state index in [2.05, 4.69) is 48.1 Å². The van der Waals surface area contributed by atoms with Crippen LogP contribution in [0.5, 0.6) is 23.0 Å². The molecule has 0 saturated heterocycles. The van der Waals surface area contributed by atoms with Gasteiger partial charge in [-0.05, 0) is 86.3 Å². The summed E-state index contributed by atoms with van der Waals surface area (Å²) < 4.78 is 28.5. The van der Waals surface area contributed by atoms with Gasteiger partial charge < -0.3 is 23.4 Å². The third-order valence-electron chi connectivity index (χ3n) is 6.18. The number of unbranched alkanes of at least 4 members (excludes halogenated alkanes) is 3. The first-order chi connectivity index (χ1) is 19.1. The molecule has 0 N–H and O–H groups in total. The fraction of sp³-hybridized carbons (Fsp3) is 0.333. The molecule has 7 nitrogen and oxygen atoms in total. The van der Waals surface area contributed by atoms with Gasteiger partial charge in [-0.2, -0.15) is 0 Å². The average Bonchev–Trinajstić information content (AvgIpc) is 3.49. The summed E-state index contributed by atoms with van der Waals surface area (Å²) in [5.74, 6) is 4.32. The minimum atomic E-state index is 0.467. The van der Waals surface area contributed by atoms with Gasteiger partial charge >= 0.3 is 0 Å². The number of benzene rings is 3. The molecule has 39 heavy (non-hydrogen) atoms. The molecule has 0 atom stereocenters. The predicted octanol–water partition coefficient (Wildman–Crippen LogP) is 8.23. The third-order valence-corrected chi connectivity index (χ3v) is 7.39. The molecule has 0 aliphatic carbocycles. The lowest BCUT2D eigenvalue weighted by molar-refractivity contribution is 0.286. The van der Waals surface area contributed by atoms with Crippen LogP contribution in [0.4, 0.5) is 0 Å². The van der Waals surface area contributed by atoms with Crippen LogP contribution in [-0.2, 0) is 10.7 Å². The maximum atomic E-state index is 6.07. The minimum absolute atomic E-state index is 0.467. The normalized spacial score (nSPS) is 10.9. The summed E-state index contributed by atoms with van der Waals surface area (Å²) in [5.41, 5.74) is 3.86. The molecule has 0 unspecified atom stereocenters. The van der Waals surface area contributed by atoms with Gasteiger partial charge in [0.05, 0.1) is 27.4 Å². The second-order valence-electron chi connectivity index (χ2n) is 8.82. The molecule has 0 fully saturated rings. The van der Waals surface area contributed by atoms with E-state index in [-0.39, 0.29) is 0 Å². The first-order valence-electron chi connectivity index (χ1n) is 12.8. The smallest absolute Gasteiger partial charge is 0.248 e. The number of alkyl halides is 2. The Hall–Kier alpha value is -3.04. The fourth-order valence-corrected chi connectivity index (χ4v) is 4.87. The Morgan fingerprint density at radius 3 is 1.67 bits per heavy atom. The molecule has 0 aliphatic rings. The lowest BCUT2D eigenvalue weighted by Gasteiger charge is -2.14. The van der Waals surface area contributed by atoms with Crippen molar-refractivity contribution in [3.63, 3.8) is 0 Å². The number of hydrogen-bond acceptors (Lipinski definition) is 7. The first-order valence-corrected chi connectivity index (χ1v) is 15.0. The summed E-state index contributed by atoms with van der Waals surface area (Å²) in [6.07, 6.45) is 4.15. The van der Waals surface area contributed by atoms with E-state index >= 15 is 0 Å². The topological polar surface area (TPSA) is 75.8 Å². The van der Waals surface area contributed by atoms with Gasteiger partial charge in [-0.1, -0.05) is 31.9 Å². The Labute approximate surface area is 246 Å². The molecule has 0 aliphatic heterocycles. The van der Waals surface area contributed by atoms with E-state index in [1.54, 1.807) is 14.2 Å². The van der Waals surface area contributed by atoms with Gasteiger partial charge in [0.25, 0.3) is 0 Å². The molecular weight excluding hydrogens is 628 g/mol. The minimum Gasteiger partial charge on any atom is -0.497 e. The Balaban J connectivity index is 1.16. The average molecular weight is 660 g/mol. The monoisotopic (exact) mass is 658 g/mol. The molecule has 1 heterocycles. The lowest BCUT2D eigenvalue weighted by atomic mass is 10.1. The summed E-state index contributed by atoms with van der Waals surface area (Å²) in [5, 5.41) is 9.79. The highest BCUT2D eigenvalue weighted by molar-refractivity contribution is 9.08. The first kappa shape index (κ1) is 29.0. The molecule has 0 spiro atoms. The number of halogens is 2. The molecule has 0 amide bonds. The Morgan fingerprint density at radius 1 is 0.615 bits per heavy atom. The molecule has 3 aromatic carbocycles. The van der Waals surface area contributed by atoms with Crippen LogP contribution < -0.4 is 18.9 Å². The van der Waals surface area contributed by atoms with Crippen LogP contribution in [0, 0.1) is 0 Å². The summed E-state index contributed by atoms with van der Waals surface area (Å²) in [6.45, 7) is 1.36. The van der Waals surface area contributed by atoms with E-state index < -0.39 is 0 Å². The van der Waals surface area contributed by atoms with Crippen molar-refractivity contribution in [1.29, 1.82) is 0 Å². The highest BCUT2D eigenvalue weighted by Crippen LogP contribution is 2.32. The largest absolute Gasteiger partial charge is 0.497 e. The van der Waals surface area contributed by atoms with Crippen molar-refractivity contribution < 1.29 is 23.4 Å². The van der Waals surface area contributed by atoms with Crippen molar-refractivity contribution in [3.05, 3.63) is 71.8 Å². The molecule has 1 aromatic heterocycles. The van der Waals surface area contributed by atoms with E-state index in [9.17, 15) is 0 Å². The van der Waals surface area contributed by atoms with E-state index in [4.69, 9.17) is 23.4 Å². The highest BCUT2D eigenvalue weighted by Gasteiger charge is 2.12. The van der Waals surface area contributed by atoms with Crippen LogP contribution in [0.25, 0.3) is 22.9 Å². The van der Waals surface area contributed by atoms with Crippen LogP contribution >= 0.6 is 31.9 Å². The Morgan fingerprint density at radius 2 is 1.13 bits per heavy atom. The molecule has 0 radical (unpaired) electrons. The Kier molecular flexibility index (Phi) is 11.1. The van der Waals surface area contributed by atoms with Crippen LogP contribution in [0.15, 0.2) is 65.1 Å². The molecule has 0 bridgehead atoms. The lowest BCUT2D eigenvalue weighted by Crippen LogP contribution is -2.02. The summed E-state index contributed by atoms with van der Waals surface area (Å²) in [6, 6.07) is 19.3. The van der Waals surface area contributed by atoms with E-state index in [0.29, 0.717) is 25.0 Å². The standard InChI is InChI=1S/C30H32Br2N2O5/c1-35-25-11-7-21(8-12-25)29-33-34-30(39-29)22-9-13-26(14-10-22)37-15-5-3-4-6-16-38-28-18-23(19-31)27(36-2)17-24(28)20-32/h7-14,17-18H,3-6,15-16,19-20H2,1-2H3. The zero-order valence-electron chi connectivity index (χ0n) is 22.1. The number of nitrogens with zero attached hydrogens (tertiary/aromatic N) is 2. The SMILES string of the molecule is COc1ccc(-c2nnc(-c3ccc(OCCCCCCOc4cc(CBr)c(OC)cc4CBr)cc3)o2)cc1. The highest BCUT2D eigenvalue weighted by atomic mass is 79.9. The summed E-state index contributed by atoms with van der Waals surface area (Å²) in [4.78, 5) is 0. The fourth-order valence-electron chi connectivity index (χ4n) is 3.99. The summed E-state index contributed by atoms with van der Waals surface area (Å²) >= 11 is 7.06. The van der Waals surface area contributed by atoms with Crippen molar-refractivity contribution in [2.75, 3.05) is 27.4 Å². The third kappa shape index (κ3) is 7.99. The number of ether oxygens (including phenoxy) is 4. The van der Waals surface area contributed by atoms with Crippen LogP contribution in [0.2, 0.25) is 0 Å². The molecule has 4 rings (SSSR count). The molecule has 206 valence electrons. The van der Waals surface area contributed by atoms with Crippen molar-refractivity contribution in [2.24, 2.45) is 0 Å². The zero-order valence-corrected chi connectivity index (χ0v) is 25.3. The summed E-state index contributed by atoms with van der Waals surface area (Å²) in [7, 11) is 3.32. The van der Waals surface area contributed by atoms with Crippen molar-refractivity contribution >= 4 is 31.9 Å². The van der Waals surface area contributed by atoms with Gasteiger partial charge in [-0.25, -0.2) is 0 Å². The second kappa shape index (κ2) is 14.9. The van der Waals surface area contributed by atoms with Gasteiger partial charge in [-0.15, -0.1) is 10.2 Å². The van der Waals surface area contributed by atoms with Gasteiger partial charge in [-0.3, -0.25) is 0 Å². The zero-order chi connectivity index (χ0) is 27.5. The number of methoxy groups -OCH3 is 2. The molecular formula is C30H32Br2N2O5. The molecule has 0 saturated carbocycles. The molecule has 9 heteroatoms. The van der Waals surface area contributed by atoms with Gasteiger partial charge in [0.2, 0.25) is 11.8 Å². The van der Waals surface area contributed by atoms with Crippen molar-refractivity contribution in [2.45, 2.75) is 36.3 Å². The van der Waals surface area contributed by atoms with Gasteiger partial charge in [0.1, 0.15) is 23.0 Å². The van der Waals surface area contributed by atoms with Crippen LogP contribution in [0.1, 0.15) is 36.8 Å². The molecule has 4 aromatic rings. The van der Waals surface area contributed by atoms with E-state index in [1.165, 1.54) is 0 Å². The quantitative estimate of drug-likeness (QED) is 0.0940. The van der Waals surface area contributed by atoms with Crippen molar-refractivity contribution in [1.82, 2.24) is 10.2 Å². The van der Waals surface area contributed by atoms with E-state index in [0.717, 1.165) is 81.6 Å². The van der Waals surface area contributed by atoms with Gasteiger partial charge in [0, 0.05) is 32.9 Å². The Bertz CT molecular complexity index is 1310. The van der Waals surface area contributed by atoms with Crippen LogP contribution in [-0.4, -0.2) is 37.6 Å². The number of hydrogen-bond donors (Lipinski definition) is 0. The predicted molar refractivity (Wildman–Crippen MR) is 159 cm³/mol. The maximum absolute atomic E-state index is 6.07. The van der Waals surface area contributed by atoms with Gasteiger partial charge in [0.15, 0.2) is 0 Å². The number of aromatic nitrogens is 2.